The molecule has 0 saturated carbocycles. The number of rotatable bonds is 6. The van der Waals surface area contributed by atoms with Crippen molar-refractivity contribution < 1.29 is 22.7 Å². The minimum Gasteiger partial charge on any atom is -0.466 e. The number of anilines is 1. The van der Waals surface area contributed by atoms with Gasteiger partial charge in [-0.25, -0.2) is 17.7 Å². The van der Waals surface area contributed by atoms with E-state index in [9.17, 15) is 18.0 Å². The largest absolute Gasteiger partial charge is 0.466 e. The fourth-order valence-corrected chi connectivity index (χ4v) is 3.50. The molecule has 10 heteroatoms. The molecule has 0 bridgehead atoms. The Kier molecular flexibility index (Phi) is 5.14. The summed E-state index contributed by atoms with van der Waals surface area (Å²) in [5, 5.41) is 4.70. The van der Waals surface area contributed by atoms with E-state index in [4.69, 9.17) is 4.74 Å². The van der Waals surface area contributed by atoms with E-state index < -0.39 is 10.0 Å². The number of amides is 1. The Morgan fingerprint density at radius 1 is 1.50 bits per heavy atom. The van der Waals surface area contributed by atoms with Crippen molar-refractivity contribution >= 4 is 38.4 Å². The van der Waals surface area contributed by atoms with Crippen LogP contribution in [0.2, 0.25) is 0 Å². The SMILES string of the molecule is CCOC(=O)Cc1csc(NC(=O)C2CN(S(C)(=O)=O)C2)n1. The summed E-state index contributed by atoms with van der Waals surface area (Å²) in [6.45, 7) is 2.41. The molecule has 0 atom stereocenters. The predicted octanol–water partition coefficient (Wildman–Crippen LogP) is 0.0786. The molecular weight excluding hydrogens is 330 g/mol. The Balaban J connectivity index is 1.83. The zero-order valence-corrected chi connectivity index (χ0v) is 13.9. The first-order valence-electron chi connectivity index (χ1n) is 6.65. The maximum Gasteiger partial charge on any atom is 0.311 e. The van der Waals surface area contributed by atoms with Crippen molar-refractivity contribution in [2.24, 2.45) is 5.92 Å². The van der Waals surface area contributed by atoms with Crippen LogP contribution < -0.4 is 5.32 Å². The molecule has 0 radical (unpaired) electrons. The van der Waals surface area contributed by atoms with Crippen molar-refractivity contribution in [3.63, 3.8) is 0 Å². The number of nitrogens with one attached hydrogen (secondary N) is 1. The van der Waals surface area contributed by atoms with E-state index in [0.717, 1.165) is 6.26 Å². The average molecular weight is 347 g/mol. The van der Waals surface area contributed by atoms with Crippen molar-refractivity contribution in [1.29, 1.82) is 0 Å². The third-order valence-corrected chi connectivity index (χ3v) is 5.14. The lowest BCUT2D eigenvalue weighted by Crippen LogP contribution is -2.53. The fourth-order valence-electron chi connectivity index (χ4n) is 1.89. The van der Waals surface area contributed by atoms with Crippen LogP contribution in [0.5, 0.6) is 0 Å². The highest BCUT2D eigenvalue weighted by Gasteiger charge is 2.37. The molecule has 1 aromatic heterocycles. The summed E-state index contributed by atoms with van der Waals surface area (Å²) in [4.78, 5) is 27.4. The van der Waals surface area contributed by atoms with E-state index in [-0.39, 0.29) is 37.3 Å². The number of sulfonamides is 1. The van der Waals surface area contributed by atoms with Gasteiger partial charge in [-0.3, -0.25) is 9.59 Å². The summed E-state index contributed by atoms with van der Waals surface area (Å²) in [7, 11) is -3.23. The van der Waals surface area contributed by atoms with Gasteiger partial charge in [0.2, 0.25) is 15.9 Å². The Morgan fingerprint density at radius 2 is 2.18 bits per heavy atom. The highest BCUT2D eigenvalue weighted by molar-refractivity contribution is 7.88. The summed E-state index contributed by atoms with van der Waals surface area (Å²) in [5.41, 5.74) is 0.533. The number of carbonyl (C=O) groups is 2. The van der Waals surface area contributed by atoms with Crippen LogP contribution in [0.3, 0.4) is 0 Å². The normalized spacial score (nSPS) is 16.1. The maximum atomic E-state index is 11.9. The number of hydrogen-bond donors (Lipinski definition) is 1. The smallest absolute Gasteiger partial charge is 0.311 e. The summed E-state index contributed by atoms with van der Waals surface area (Å²) in [5.74, 6) is -1.00. The quantitative estimate of drug-likeness (QED) is 0.731. The number of ether oxygens (including phenoxy) is 1. The van der Waals surface area contributed by atoms with Crippen LogP contribution in [-0.2, 0) is 30.8 Å². The molecule has 0 spiro atoms. The van der Waals surface area contributed by atoms with Gasteiger partial charge in [-0.2, -0.15) is 0 Å². The zero-order chi connectivity index (χ0) is 16.3. The Bertz CT molecular complexity index is 664. The molecule has 122 valence electrons. The van der Waals surface area contributed by atoms with Crippen LogP contribution in [0.1, 0.15) is 12.6 Å². The molecule has 1 aliphatic rings. The van der Waals surface area contributed by atoms with Crippen molar-refractivity contribution in [1.82, 2.24) is 9.29 Å². The highest BCUT2D eigenvalue weighted by Crippen LogP contribution is 2.22. The number of aromatic nitrogens is 1. The van der Waals surface area contributed by atoms with Crippen LogP contribution in [-0.4, -0.2) is 55.5 Å². The van der Waals surface area contributed by atoms with Crippen LogP contribution in [0, 0.1) is 5.92 Å². The highest BCUT2D eigenvalue weighted by atomic mass is 32.2. The molecule has 2 heterocycles. The third-order valence-electron chi connectivity index (χ3n) is 3.10. The number of thiazole rings is 1. The summed E-state index contributed by atoms with van der Waals surface area (Å²) in [6, 6.07) is 0. The first-order chi connectivity index (χ1) is 10.3. The topological polar surface area (TPSA) is 106 Å². The maximum absolute atomic E-state index is 11.9. The van der Waals surface area contributed by atoms with Gasteiger partial charge in [-0.1, -0.05) is 0 Å². The zero-order valence-electron chi connectivity index (χ0n) is 12.2. The Hall–Kier alpha value is -1.52. The van der Waals surface area contributed by atoms with Crippen LogP contribution in [0.15, 0.2) is 5.38 Å². The fraction of sp³-hybridized carbons (Fsp3) is 0.583. The number of hydrogen-bond acceptors (Lipinski definition) is 7. The first-order valence-corrected chi connectivity index (χ1v) is 9.38. The second kappa shape index (κ2) is 6.71. The van der Waals surface area contributed by atoms with E-state index >= 15 is 0 Å². The lowest BCUT2D eigenvalue weighted by molar-refractivity contribution is -0.142. The molecular formula is C12H17N3O5S2. The number of esters is 1. The van der Waals surface area contributed by atoms with Crippen LogP contribution in [0.25, 0.3) is 0 Å². The third kappa shape index (κ3) is 4.24. The predicted molar refractivity (Wildman–Crippen MR) is 81.0 cm³/mol. The van der Waals surface area contributed by atoms with Gasteiger partial charge >= 0.3 is 5.97 Å². The van der Waals surface area contributed by atoms with Gasteiger partial charge in [-0.05, 0) is 6.92 Å². The minimum atomic E-state index is -3.23. The van der Waals surface area contributed by atoms with E-state index in [1.54, 1.807) is 12.3 Å². The molecule has 0 unspecified atom stereocenters. The van der Waals surface area contributed by atoms with Crippen molar-refractivity contribution in [3.05, 3.63) is 11.1 Å². The molecule has 1 saturated heterocycles. The van der Waals surface area contributed by atoms with Gasteiger partial charge in [0.15, 0.2) is 5.13 Å². The Labute approximate surface area is 132 Å². The molecule has 22 heavy (non-hydrogen) atoms. The molecule has 0 aromatic carbocycles. The van der Waals surface area contributed by atoms with Crippen molar-refractivity contribution in [3.8, 4) is 0 Å². The molecule has 2 rings (SSSR count). The monoisotopic (exact) mass is 347 g/mol. The summed E-state index contributed by atoms with van der Waals surface area (Å²) < 4.78 is 28.5. The standard InChI is InChI=1S/C12H17N3O5S2/c1-3-20-10(16)4-9-7-21-12(13-9)14-11(17)8-5-15(6-8)22(2,18)19/h7-8H,3-6H2,1-2H3,(H,13,14,17). The van der Waals surface area contributed by atoms with Gasteiger partial charge in [-0.15, -0.1) is 11.3 Å². The van der Waals surface area contributed by atoms with E-state index in [2.05, 4.69) is 10.3 Å². The van der Waals surface area contributed by atoms with Crippen molar-refractivity contribution in [2.45, 2.75) is 13.3 Å². The lowest BCUT2D eigenvalue weighted by Gasteiger charge is -2.35. The van der Waals surface area contributed by atoms with Gasteiger partial charge in [0.1, 0.15) is 0 Å². The van der Waals surface area contributed by atoms with Gasteiger partial charge < -0.3 is 10.1 Å². The Morgan fingerprint density at radius 3 is 2.77 bits per heavy atom. The van der Waals surface area contributed by atoms with E-state index in [1.165, 1.54) is 15.6 Å². The molecule has 8 nitrogen and oxygen atoms in total. The average Bonchev–Trinajstić information content (AvgIpc) is 2.72. The number of nitrogens with zero attached hydrogens (tertiary/aromatic N) is 2. The summed E-state index contributed by atoms with van der Waals surface area (Å²) >= 11 is 1.21. The second-order valence-electron chi connectivity index (χ2n) is 4.89. The molecule has 1 amide bonds. The van der Waals surface area contributed by atoms with E-state index in [1.807, 2.05) is 0 Å². The molecule has 1 fully saturated rings. The second-order valence-corrected chi connectivity index (χ2v) is 7.73. The molecule has 1 aliphatic heterocycles. The number of carbonyl (C=O) groups excluding carboxylic acids is 2. The molecule has 0 aliphatic carbocycles. The molecule has 1 aromatic rings. The summed E-state index contributed by atoms with van der Waals surface area (Å²) in [6.07, 6.45) is 1.18. The van der Waals surface area contributed by atoms with Gasteiger partial charge in [0.25, 0.3) is 0 Å². The van der Waals surface area contributed by atoms with Gasteiger partial charge in [0, 0.05) is 18.5 Å². The van der Waals surface area contributed by atoms with Crippen molar-refractivity contribution in [2.75, 3.05) is 31.3 Å². The van der Waals surface area contributed by atoms with Crippen LogP contribution >= 0.6 is 11.3 Å². The lowest BCUT2D eigenvalue weighted by atomic mass is 10.0. The van der Waals surface area contributed by atoms with E-state index in [0.29, 0.717) is 17.4 Å². The minimum absolute atomic E-state index is 0.0610. The molecule has 1 N–H and O–H groups in total. The first kappa shape index (κ1) is 16.8. The van der Waals surface area contributed by atoms with Gasteiger partial charge in [0.05, 0.1) is 30.9 Å². The van der Waals surface area contributed by atoms with Crippen LogP contribution in [0.4, 0.5) is 5.13 Å².